The molecule has 1 aromatic heterocycles. The van der Waals surface area contributed by atoms with E-state index < -0.39 is 0 Å². The van der Waals surface area contributed by atoms with Crippen LogP contribution in [-0.2, 0) is 0 Å². The zero-order valence-corrected chi connectivity index (χ0v) is 12.8. The maximum absolute atomic E-state index is 5.84. The van der Waals surface area contributed by atoms with Gasteiger partial charge in [0.1, 0.15) is 11.6 Å². The van der Waals surface area contributed by atoms with Gasteiger partial charge < -0.3 is 5.73 Å². The second kappa shape index (κ2) is 5.77. The summed E-state index contributed by atoms with van der Waals surface area (Å²) in [5.74, 6) is 3.93. The van der Waals surface area contributed by atoms with E-state index in [1.807, 2.05) is 29.7 Å². The van der Waals surface area contributed by atoms with Crippen molar-refractivity contribution in [3.63, 3.8) is 0 Å². The van der Waals surface area contributed by atoms with E-state index in [-0.39, 0.29) is 0 Å². The molecule has 0 aliphatic carbocycles. The van der Waals surface area contributed by atoms with Crippen LogP contribution >= 0.6 is 46.1 Å². The molecule has 2 heterocycles. The van der Waals surface area contributed by atoms with Gasteiger partial charge in [0, 0.05) is 23.0 Å². The van der Waals surface area contributed by atoms with Crippen molar-refractivity contribution in [3.05, 3.63) is 15.6 Å². The van der Waals surface area contributed by atoms with Gasteiger partial charge >= 0.3 is 0 Å². The van der Waals surface area contributed by atoms with Gasteiger partial charge in [-0.15, -0.1) is 11.8 Å². The molecule has 0 radical (unpaired) electrons. The highest BCUT2D eigenvalue weighted by atomic mass is 127. The van der Waals surface area contributed by atoms with Crippen LogP contribution in [0.5, 0.6) is 0 Å². The number of thioether (sulfide) groups is 2. The number of hydrogen-bond acceptors (Lipinski definition) is 5. The highest BCUT2D eigenvalue weighted by Crippen LogP contribution is 2.42. The Kier molecular flexibility index (Phi) is 4.60. The number of nitrogen functional groups attached to an aromatic ring is 1. The van der Waals surface area contributed by atoms with Gasteiger partial charge in [0.2, 0.25) is 0 Å². The van der Waals surface area contributed by atoms with Crippen molar-refractivity contribution in [1.29, 1.82) is 0 Å². The molecule has 16 heavy (non-hydrogen) atoms. The Labute approximate surface area is 118 Å². The van der Waals surface area contributed by atoms with E-state index in [9.17, 15) is 0 Å². The van der Waals surface area contributed by atoms with Crippen LogP contribution in [0.2, 0.25) is 0 Å². The van der Waals surface area contributed by atoms with E-state index >= 15 is 0 Å². The third-order valence-corrected chi connectivity index (χ3v) is 6.57. The van der Waals surface area contributed by atoms with Crippen molar-refractivity contribution in [2.24, 2.45) is 0 Å². The Bertz CT molecular complexity index is 375. The maximum atomic E-state index is 5.84. The summed E-state index contributed by atoms with van der Waals surface area (Å²) in [6.07, 6.45) is 2.99. The first-order valence-corrected chi connectivity index (χ1v) is 8.41. The number of anilines is 1. The number of halogens is 1. The Morgan fingerprint density at radius 1 is 1.50 bits per heavy atom. The number of hydrogen-bond donors (Lipinski definition) is 1. The quantitative estimate of drug-likeness (QED) is 0.815. The predicted octanol–water partition coefficient (Wildman–Crippen LogP) is 2.96. The minimum Gasteiger partial charge on any atom is -0.383 e. The van der Waals surface area contributed by atoms with Crippen LogP contribution in [0.1, 0.15) is 24.4 Å². The molecule has 1 saturated heterocycles. The fourth-order valence-corrected chi connectivity index (χ4v) is 4.93. The first kappa shape index (κ1) is 12.8. The summed E-state index contributed by atoms with van der Waals surface area (Å²) in [5.41, 5.74) is 5.84. The van der Waals surface area contributed by atoms with Crippen LogP contribution in [0.15, 0.2) is 6.20 Å². The topological polar surface area (TPSA) is 51.8 Å². The van der Waals surface area contributed by atoms with Gasteiger partial charge in [0.25, 0.3) is 0 Å². The van der Waals surface area contributed by atoms with Gasteiger partial charge in [-0.3, -0.25) is 0 Å². The molecule has 1 aliphatic heterocycles. The molecule has 1 fully saturated rings. The molecule has 0 saturated carbocycles. The molecule has 2 atom stereocenters. The molecule has 2 N–H and O–H groups in total. The Balaban J connectivity index is 2.23. The van der Waals surface area contributed by atoms with Gasteiger partial charge in [-0.2, -0.15) is 11.8 Å². The minimum absolute atomic E-state index is 0.406. The van der Waals surface area contributed by atoms with E-state index in [0.717, 1.165) is 15.8 Å². The number of nitrogens with zero attached hydrogens (tertiary/aromatic N) is 2. The van der Waals surface area contributed by atoms with Gasteiger partial charge in [0.15, 0.2) is 0 Å². The zero-order chi connectivity index (χ0) is 11.5. The van der Waals surface area contributed by atoms with Crippen LogP contribution in [0.25, 0.3) is 0 Å². The highest BCUT2D eigenvalue weighted by molar-refractivity contribution is 14.1. The molecular weight excluding hydrogens is 353 g/mol. The average molecular weight is 367 g/mol. The lowest BCUT2D eigenvalue weighted by Gasteiger charge is -2.28. The zero-order valence-electron chi connectivity index (χ0n) is 9.02. The second-order valence-electron chi connectivity index (χ2n) is 3.57. The van der Waals surface area contributed by atoms with Crippen molar-refractivity contribution in [3.8, 4) is 0 Å². The molecule has 0 amide bonds. The fourth-order valence-electron chi connectivity index (χ4n) is 1.67. The lowest BCUT2D eigenvalue weighted by atomic mass is 10.2. The molecule has 0 spiro atoms. The number of rotatable bonds is 2. The third-order valence-electron chi connectivity index (χ3n) is 2.50. The standard InChI is InChI=1S/C10H14IN3S2/c1-2-7-8(16-4-3-15-7)10-13-5-6(11)9(12)14-10/h5,7-8H,2-4H2,1H3,(H2,12,13,14). The Morgan fingerprint density at radius 2 is 2.25 bits per heavy atom. The Morgan fingerprint density at radius 3 is 2.94 bits per heavy atom. The van der Waals surface area contributed by atoms with Crippen molar-refractivity contribution < 1.29 is 0 Å². The Hall–Kier alpha value is 0.310. The maximum Gasteiger partial charge on any atom is 0.144 e. The van der Waals surface area contributed by atoms with Gasteiger partial charge in [0.05, 0.1) is 8.82 Å². The molecule has 0 bridgehead atoms. The molecule has 88 valence electrons. The fraction of sp³-hybridized carbons (Fsp3) is 0.600. The van der Waals surface area contributed by atoms with Crippen molar-refractivity contribution in [2.75, 3.05) is 17.2 Å². The number of nitrogens with two attached hydrogens (primary N) is 1. The van der Waals surface area contributed by atoms with Crippen LogP contribution in [-0.4, -0.2) is 26.7 Å². The molecule has 3 nitrogen and oxygen atoms in total. The molecule has 2 rings (SSSR count). The van der Waals surface area contributed by atoms with Crippen LogP contribution in [0.3, 0.4) is 0 Å². The van der Waals surface area contributed by atoms with Crippen molar-refractivity contribution >= 4 is 51.9 Å². The lowest BCUT2D eigenvalue weighted by Crippen LogP contribution is -2.20. The van der Waals surface area contributed by atoms with Gasteiger partial charge in [-0.05, 0) is 29.0 Å². The SMILES string of the molecule is CCC1SCCSC1c1ncc(I)c(N)n1. The average Bonchev–Trinajstić information content (AvgIpc) is 2.32. The normalized spacial score (nSPS) is 25.6. The van der Waals surface area contributed by atoms with Gasteiger partial charge in [-0.1, -0.05) is 6.92 Å². The summed E-state index contributed by atoms with van der Waals surface area (Å²) in [6, 6.07) is 0. The summed E-state index contributed by atoms with van der Waals surface area (Å²) in [7, 11) is 0. The second-order valence-corrected chi connectivity index (χ2v) is 7.33. The van der Waals surface area contributed by atoms with E-state index in [1.54, 1.807) is 0 Å². The van der Waals surface area contributed by atoms with E-state index in [4.69, 9.17) is 5.73 Å². The summed E-state index contributed by atoms with van der Waals surface area (Å²) in [4.78, 5) is 8.85. The summed E-state index contributed by atoms with van der Waals surface area (Å²) in [6.45, 7) is 2.23. The lowest BCUT2D eigenvalue weighted by molar-refractivity contribution is 0.750. The molecule has 2 unspecified atom stereocenters. The van der Waals surface area contributed by atoms with E-state index in [0.29, 0.717) is 16.3 Å². The van der Waals surface area contributed by atoms with E-state index in [1.165, 1.54) is 11.5 Å². The summed E-state index contributed by atoms with van der Waals surface area (Å²) < 4.78 is 0.933. The molecule has 1 aliphatic rings. The first-order chi connectivity index (χ1) is 7.72. The van der Waals surface area contributed by atoms with Crippen molar-refractivity contribution in [2.45, 2.75) is 23.8 Å². The number of aromatic nitrogens is 2. The molecular formula is C10H14IN3S2. The molecule has 0 aromatic carbocycles. The van der Waals surface area contributed by atoms with Crippen LogP contribution in [0.4, 0.5) is 5.82 Å². The van der Waals surface area contributed by atoms with Crippen molar-refractivity contribution in [1.82, 2.24) is 9.97 Å². The molecule has 1 aromatic rings. The van der Waals surface area contributed by atoms with Gasteiger partial charge in [-0.25, -0.2) is 9.97 Å². The van der Waals surface area contributed by atoms with Crippen LogP contribution in [0, 0.1) is 3.57 Å². The molecule has 6 heteroatoms. The smallest absolute Gasteiger partial charge is 0.144 e. The van der Waals surface area contributed by atoms with E-state index in [2.05, 4.69) is 39.5 Å². The largest absolute Gasteiger partial charge is 0.383 e. The highest BCUT2D eigenvalue weighted by Gasteiger charge is 2.28. The van der Waals surface area contributed by atoms with Crippen LogP contribution < -0.4 is 5.73 Å². The summed E-state index contributed by atoms with van der Waals surface area (Å²) in [5, 5.41) is 1.03. The first-order valence-electron chi connectivity index (χ1n) is 5.23. The monoisotopic (exact) mass is 367 g/mol. The third kappa shape index (κ3) is 2.76. The minimum atomic E-state index is 0.406. The summed E-state index contributed by atoms with van der Waals surface area (Å²) >= 11 is 6.16. The predicted molar refractivity (Wildman–Crippen MR) is 80.9 cm³/mol.